The van der Waals surface area contributed by atoms with Crippen LogP contribution >= 0.6 is 11.6 Å². The Morgan fingerprint density at radius 1 is 1.14 bits per heavy atom. The molecule has 2 heterocycles. The number of rotatable bonds is 3. The van der Waals surface area contributed by atoms with E-state index in [-0.39, 0.29) is 11.3 Å². The predicted molar refractivity (Wildman–Crippen MR) is 83.5 cm³/mol. The Balaban J connectivity index is 1.46. The molecule has 3 atom stereocenters. The fourth-order valence-corrected chi connectivity index (χ4v) is 4.17. The third-order valence-corrected chi connectivity index (χ3v) is 5.64. The Morgan fingerprint density at radius 2 is 1.76 bits per heavy atom. The molecule has 112 valence electrons. The molecule has 2 saturated heterocycles. The minimum absolute atomic E-state index is 0.219. The molecule has 2 N–H and O–H groups in total. The zero-order chi connectivity index (χ0) is 14.4. The summed E-state index contributed by atoms with van der Waals surface area (Å²) in [5.74, 6) is 0.219. The molecule has 1 saturated carbocycles. The molecule has 3 fully saturated rings. The average molecular weight is 305 g/mol. The number of fused-ring (bicyclic) bond motifs is 2. The number of amides is 1. The summed E-state index contributed by atoms with van der Waals surface area (Å²) in [7, 11) is 0. The van der Waals surface area contributed by atoms with Crippen LogP contribution in [-0.4, -0.2) is 24.0 Å². The van der Waals surface area contributed by atoms with Gasteiger partial charge >= 0.3 is 0 Å². The van der Waals surface area contributed by atoms with Gasteiger partial charge in [0.15, 0.2) is 0 Å². The first kappa shape index (κ1) is 13.6. The molecule has 4 rings (SSSR count). The Kier molecular flexibility index (Phi) is 3.23. The van der Waals surface area contributed by atoms with Crippen molar-refractivity contribution in [2.45, 2.75) is 62.1 Å². The molecule has 1 aromatic rings. The predicted octanol–water partition coefficient (Wildman–Crippen LogP) is 2.77. The molecule has 0 spiro atoms. The van der Waals surface area contributed by atoms with Crippen molar-refractivity contribution in [2.24, 2.45) is 0 Å². The third-order valence-electron chi connectivity index (χ3n) is 5.39. The van der Waals surface area contributed by atoms with E-state index in [9.17, 15) is 4.79 Å². The smallest absolute Gasteiger partial charge is 0.230 e. The highest BCUT2D eigenvalue weighted by Crippen LogP contribution is 2.48. The summed E-state index contributed by atoms with van der Waals surface area (Å²) in [5.41, 5.74) is 0.829. The normalized spacial score (nSPS) is 32.7. The number of benzene rings is 1. The minimum atomic E-state index is -0.283. The van der Waals surface area contributed by atoms with E-state index < -0.39 is 0 Å². The summed E-state index contributed by atoms with van der Waals surface area (Å²) in [4.78, 5) is 12.8. The SMILES string of the molecule is O=C(NC1C[C@H]2CC[C@@H](C1)N2)C1(c2ccc(Cl)cc2)CC1. The standard InChI is InChI=1S/C17H21ClN2O/c18-12-3-1-11(2-4-12)17(7-8-17)16(21)20-15-9-13-5-6-14(10-15)19-13/h1-4,13-15,19H,5-10H2,(H,20,21)/t13-,14+,15?. The molecule has 2 aliphatic heterocycles. The first-order valence-electron chi connectivity index (χ1n) is 7.99. The average Bonchev–Trinajstić information content (AvgIpc) is 3.21. The molecular weight excluding hydrogens is 284 g/mol. The largest absolute Gasteiger partial charge is 0.352 e. The van der Waals surface area contributed by atoms with E-state index >= 15 is 0 Å². The Labute approximate surface area is 130 Å². The zero-order valence-electron chi connectivity index (χ0n) is 12.1. The van der Waals surface area contributed by atoms with Gasteiger partial charge in [-0.1, -0.05) is 23.7 Å². The number of nitrogens with one attached hydrogen (secondary N) is 2. The van der Waals surface area contributed by atoms with Crippen LogP contribution in [0.3, 0.4) is 0 Å². The second-order valence-electron chi connectivity index (χ2n) is 6.87. The van der Waals surface area contributed by atoms with Gasteiger partial charge in [0.25, 0.3) is 0 Å². The van der Waals surface area contributed by atoms with Crippen LogP contribution in [0.2, 0.25) is 5.02 Å². The summed E-state index contributed by atoms with van der Waals surface area (Å²) >= 11 is 5.95. The molecule has 1 aliphatic carbocycles. The van der Waals surface area contributed by atoms with E-state index in [2.05, 4.69) is 10.6 Å². The lowest BCUT2D eigenvalue weighted by molar-refractivity contribution is -0.124. The summed E-state index contributed by atoms with van der Waals surface area (Å²) in [5, 5.41) is 7.67. The van der Waals surface area contributed by atoms with Gasteiger partial charge in [-0.25, -0.2) is 0 Å². The van der Waals surface area contributed by atoms with Gasteiger partial charge in [0.1, 0.15) is 0 Å². The summed E-state index contributed by atoms with van der Waals surface area (Å²) in [6, 6.07) is 9.34. The molecule has 2 bridgehead atoms. The van der Waals surface area contributed by atoms with Gasteiger partial charge in [-0.05, 0) is 56.2 Å². The quantitative estimate of drug-likeness (QED) is 0.901. The second-order valence-corrected chi connectivity index (χ2v) is 7.31. The van der Waals surface area contributed by atoms with Gasteiger partial charge in [0.05, 0.1) is 5.41 Å². The van der Waals surface area contributed by atoms with Gasteiger partial charge in [-0.3, -0.25) is 4.79 Å². The number of halogens is 1. The van der Waals surface area contributed by atoms with Crippen LogP contribution in [0.5, 0.6) is 0 Å². The number of carbonyl (C=O) groups is 1. The molecular formula is C17H21ClN2O. The summed E-state index contributed by atoms with van der Waals surface area (Å²) in [6.45, 7) is 0. The van der Waals surface area contributed by atoms with Crippen molar-refractivity contribution in [2.75, 3.05) is 0 Å². The van der Waals surface area contributed by atoms with Crippen molar-refractivity contribution in [1.29, 1.82) is 0 Å². The lowest BCUT2D eigenvalue weighted by atomic mass is 9.93. The maximum absolute atomic E-state index is 12.8. The van der Waals surface area contributed by atoms with Crippen LogP contribution in [0, 0.1) is 0 Å². The minimum Gasteiger partial charge on any atom is -0.352 e. The maximum Gasteiger partial charge on any atom is 0.230 e. The molecule has 1 amide bonds. The highest BCUT2D eigenvalue weighted by molar-refractivity contribution is 6.30. The zero-order valence-corrected chi connectivity index (χ0v) is 12.8. The lowest BCUT2D eigenvalue weighted by Gasteiger charge is -2.31. The molecule has 4 heteroatoms. The van der Waals surface area contributed by atoms with Crippen LogP contribution in [0.25, 0.3) is 0 Å². The van der Waals surface area contributed by atoms with Crippen LogP contribution < -0.4 is 10.6 Å². The number of hydrogen-bond acceptors (Lipinski definition) is 2. The van der Waals surface area contributed by atoms with Crippen LogP contribution in [-0.2, 0) is 10.2 Å². The van der Waals surface area contributed by atoms with Crippen LogP contribution in [0.4, 0.5) is 0 Å². The van der Waals surface area contributed by atoms with Gasteiger partial charge in [0.2, 0.25) is 5.91 Å². The van der Waals surface area contributed by atoms with E-state index in [1.165, 1.54) is 12.8 Å². The molecule has 3 nitrogen and oxygen atoms in total. The highest BCUT2D eigenvalue weighted by Gasteiger charge is 2.52. The van der Waals surface area contributed by atoms with Gasteiger partial charge < -0.3 is 10.6 Å². The van der Waals surface area contributed by atoms with E-state index in [4.69, 9.17) is 11.6 Å². The second kappa shape index (κ2) is 4.99. The molecule has 1 unspecified atom stereocenters. The Morgan fingerprint density at radius 3 is 2.33 bits per heavy atom. The maximum atomic E-state index is 12.8. The third kappa shape index (κ3) is 2.47. The Hall–Kier alpha value is -1.06. The van der Waals surface area contributed by atoms with Gasteiger partial charge in [-0.2, -0.15) is 0 Å². The van der Waals surface area contributed by atoms with E-state index in [0.717, 1.165) is 36.3 Å². The molecule has 21 heavy (non-hydrogen) atoms. The summed E-state index contributed by atoms with van der Waals surface area (Å²) in [6.07, 6.45) is 6.60. The van der Waals surface area contributed by atoms with Gasteiger partial charge in [0, 0.05) is 23.1 Å². The monoisotopic (exact) mass is 304 g/mol. The van der Waals surface area contributed by atoms with E-state index in [1.54, 1.807) is 0 Å². The van der Waals surface area contributed by atoms with Gasteiger partial charge in [-0.15, -0.1) is 0 Å². The lowest BCUT2D eigenvalue weighted by Crippen LogP contribution is -2.50. The molecule has 0 radical (unpaired) electrons. The highest BCUT2D eigenvalue weighted by atomic mass is 35.5. The van der Waals surface area contributed by atoms with E-state index in [1.807, 2.05) is 24.3 Å². The van der Waals surface area contributed by atoms with E-state index in [0.29, 0.717) is 18.1 Å². The van der Waals surface area contributed by atoms with Crippen LogP contribution in [0.1, 0.15) is 44.1 Å². The molecule has 1 aromatic carbocycles. The van der Waals surface area contributed by atoms with Crippen molar-refractivity contribution in [3.8, 4) is 0 Å². The first-order valence-corrected chi connectivity index (χ1v) is 8.37. The molecule has 3 aliphatic rings. The van der Waals surface area contributed by atoms with Crippen molar-refractivity contribution < 1.29 is 4.79 Å². The molecule has 0 aromatic heterocycles. The van der Waals surface area contributed by atoms with Crippen molar-refractivity contribution in [3.63, 3.8) is 0 Å². The van der Waals surface area contributed by atoms with Crippen molar-refractivity contribution >= 4 is 17.5 Å². The van der Waals surface area contributed by atoms with Crippen LogP contribution in [0.15, 0.2) is 24.3 Å². The first-order chi connectivity index (χ1) is 10.2. The fraction of sp³-hybridized carbons (Fsp3) is 0.588. The topological polar surface area (TPSA) is 41.1 Å². The fourth-order valence-electron chi connectivity index (χ4n) is 4.04. The Bertz CT molecular complexity index is 540. The number of hydrogen-bond donors (Lipinski definition) is 2. The van der Waals surface area contributed by atoms with Crippen molar-refractivity contribution in [1.82, 2.24) is 10.6 Å². The van der Waals surface area contributed by atoms with Crippen molar-refractivity contribution in [3.05, 3.63) is 34.9 Å². The summed E-state index contributed by atoms with van der Waals surface area (Å²) < 4.78 is 0. The number of piperidine rings is 1. The number of carbonyl (C=O) groups excluding carboxylic acids is 1.